The maximum Gasteiger partial charge on any atom is 0.230 e. The van der Waals surface area contributed by atoms with Gasteiger partial charge in [-0.1, -0.05) is 5.16 Å². The van der Waals surface area contributed by atoms with E-state index < -0.39 is 0 Å². The molecule has 0 amide bonds. The van der Waals surface area contributed by atoms with E-state index in [0.29, 0.717) is 12.5 Å². The van der Waals surface area contributed by atoms with Gasteiger partial charge in [-0.25, -0.2) is 0 Å². The third-order valence-corrected chi connectivity index (χ3v) is 6.20. The Morgan fingerprint density at radius 3 is 2.43 bits per heavy atom. The Hall–Kier alpha value is -0.940. The molecule has 1 atom stereocenters. The molecule has 0 spiro atoms. The Kier molecular flexibility index (Phi) is 2.87. The number of hydrogen-bond donors (Lipinski definition) is 1. The molecule has 5 fully saturated rings. The third-order valence-electron chi connectivity index (χ3n) is 6.20. The van der Waals surface area contributed by atoms with Crippen molar-refractivity contribution in [1.82, 2.24) is 15.5 Å². The first-order chi connectivity index (χ1) is 10.4. The zero-order chi connectivity index (χ0) is 13.8. The smallest absolute Gasteiger partial charge is 0.230 e. The SMILES string of the molecule is C1COCC(c2noc(C3C4CC5CC(C4)CC3C5)n2)N1. The second-order valence-corrected chi connectivity index (χ2v) is 7.53. The summed E-state index contributed by atoms with van der Waals surface area (Å²) in [6.07, 6.45) is 7.04. The second-order valence-electron chi connectivity index (χ2n) is 7.53. The predicted octanol–water partition coefficient (Wildman–Crippen LogP) is 2.27. The number of nitrogens with one attached hydrogen (secondary N) is 1. The van der Waals surface area contributed by atoms with Gasteiger partial charge in [0, 0.05) is 12.5 Å². The van der Waals surface area contributed by atoms with Gasteiger partial charge in [0.1, 0.15) is 0 Å². The highest BCUT2D eigenvalue weighted by molar-refractivity contribution is 5.10. The van der Waals surface area contributed by atoms with Crippen LogP contribution in [0.25, 0.3) is 0 Å². The van der Waals surface area contributed by atoms with Crippen molar-refractivity contribution in [2.45, 2.75) is 44.1 Å². The van der Waals surface area contributed by atoms with E-state index in [-0.39, 0.29) is 6.04 Å². The van der Waals surface area contributed by atoms with Crippen LogP contribution >= 0.6 is 0 Å². The fraction of sp³-hybridized carbons (Fsp3) is 0.875. The minimum Gasteiger partial charge on any atom is -0.378 e. The summed E-state index contributed by atoms with van der Waals surface area (Å²) in [5.74, 6) is 5.79. The van der Waals surface area contributed by atoms with Crippen molar-refractivity contribution < 1.29 is 9.26 Å². The number of hydrogen-bond acceptors (Lipinski definition) is 5. The third kappa shape index (κ3) is 2.05. The van der Waals surface area contributed by atoms with E-state index in [4.69, 9.17) is 14.2 Å². The standard InChI is InChI=1S/C16H23N3O2/c1-2-20-8-13(17-1)15-18-16(21-19-15)14-11-4-9-3-10(6-11)7-12(14)5-9/h9-14,17H,1-8H2. The molecular formula is C16H23N3O2. The molecular weight excluding hydrogens is 266 g/mol. The summed E-state index contributed by atoms with van der Waals surface area (Å²) in [7, 11) is 0. The highest BCUT2D eigenvalue weighted by Gasteiger charge is 2.50. The molecule has 1 aromatic heterocycles. The summed E-state index contributed by atoms with van der Waals surface area (Å²) in [6, 6.07) is 0.105. The van der Waals surface area contributed by atoms with Gasteiger partial charge in [0.05, 0.1) is 19.3 Å². The Bertz CT molecular complexity index is 495. The molecule has 5 heteroatoms. The van der Waals surface area contributed by atoms with E-state index in [1.807, 2.05) is 0 Å². The monoisotopic (exact) mass is 289 g/mol. The van der Waals surface area contributed by atoms with Crippen LogP contribution in [-0.4, -0.2) is 29.9 Å². The van der Waals surface area contributed by atoms with Gasteiger partial charge in [0.2, 0.25) is 5.89 Å². The average molecular weight is 289 g/mol. The van der Waals surface area contributed by atoms with Crippen LogP contribution in [-0.2, 0) is 4.74 Å². The molecule has 21 heavy (non-hydrogen) atoms. The summed E-state index contributed by atoms with van der Waals surface area (Å²) in [5.41, 5.74) is 0. The Morgan fingerprint density at radius 2 is 1.76 bits per heavy atom. The van der Waals surface area contributed by atoms with E-state index in [2.05, 4.69) is 10.5 Å². The van der Waals surface area contributed by atoms with E-state index in [9.17, 15) is 0 Å². The maximum absolute atomic E-state index is 5.69. The van der Waals surface area contributed by atoms with Gasteiger partial charge in [-0.3, -0.25) is 0 Å². The number of nitrogens with zero attached hydrogens (tertiary/aromatic N) is 2. The van der Waals surface area contributed by atoms with E-state index >= 15 is 0 Å². The van der Waals surface area contributed by atoms with Crippen molar-refractivity contribution in [1.29, 1.82) is 0 Å². The van der Waals surface area contributed by atoms with E-state index in [0.717, 1.165) is 48.5 Å². The van der Waals surface area contributed by atoms with Gasteiger partial charge in [0.25, 0.3) is 0 Å². The fourth-order valence-corrected chi connectivity index (χ4v) is 5.58. The molecule has 1 aliphatic heterocycles. The topological polar surface area (TPSA) is 60.2 Å². The normalized spacial score (nSPS) is 45.1. The predicted molar refractivity (Wildman–Crippen MR) is 75.6 cm³/mol. The van der Waals surface area contributed by atoms with Crippen LogP contribution in [0, 0.1) is 23.7 Å². The molecule has 4 saturated carbocycles. The van der Waals surface area contributed by atoms with Crippen LogP contribution in [0.2, 0.25) is 0 Å². The summed E-state index contributed by atoms with van der Waals surface area (Å²) in [4.78, 5) is 4.76. The average Bonchev–Trinajstić information content (AvgIpc) is 2.97. The number of morpholine rings is 1. The molecule has 1 saturated heterocycles. The van der Waals surface area contributed by atoms with Crippen molar-refractivity contribution >= 4 is 0 Å². The maximum atomic E-state index is 5.69. The Labute approximate surface area is 124 Å². The molecule has 5 aliphatic rings. The second kappa shape index (κ2) is 4.78. The molecule has 0 aromatic carbocycles. The molecule has 6 rings (SSSR count). The van der Waals surface area contributed by atoms with E-state index in [1.54, 1.807) is 0 Å². The van der Waals surface area contributed by atoms with E-state index in [1.165, 1.54) is 32.1 Å². The van der Waals surface area contributed by atoms with Crippen LogP contribution < -0.4 is 5.32 Å². The first kappa shape index (κ1) is 12.6. The lowest BCUT2D eigenvalue weighted by Gasteiger charge is -2.53. The van der Waals surface area contributed by atoms with Crippen LogP contribution in [0.3, 0.4) is 0 Å². The highest BCUT2D eigenvalue weighted by atomic mass is 16.5. The minimum absolute atomic E-state index is 0.105. The van der Waals surface area contributed by atoms with Gasteiger partial charge in [-0.2, -0.15) is 4.98 Å². The van der Waals surface area contributed by atoms with Crippen molar-refractivity contribution in [2.24, 2.45) is 23.7 Å². The number of ether oxygens (including phenoxy) is 1. The Morgan fingerprint density at radius 1 is 1.00 bits per heavy atom. The number of aromatic nitrogens is 2. The van der Waals surface area contributed by atoms with Gasteiger partial charge < -0.3 is 14.6 Å². The number of rotatable bonds is 2. The van der Waals surface area contributed by atoms with Gasteiger partial charge in [-0.05, 0) is 55.8 Å². The van der Waals surface area contributed by atoms with Crippen molar-refractivity contribution in [3.05, 3.63) is 11.7 Å². The lowest BCUT2D eigenvalue weighted by atomic mass is 9.52. The molecule has 4 aliphatic carbocycles. The zero-order valence-electron chi connectivity index (χ0n) is 12.3. The fourth-order valence-electron chi connectivity index (χ4n) is 5.58. The molecule has 114 valence electrons. The Balaban J connectivity index is 1.39. The lowest BCUT2D eigenvalue weighted by molar-refractivity contribution is -0.0131. The van der Waals surface area contributed by atoms with Crippen molar-refractivity contribution in [2.75, 3.05) is 19.8 Å². The quantitative estimate of drug-likeness (QED) is 0.905. The lowest BCUT2D eigenvalue weighted by Crippen LogP contribution is -2.43. The molecule has 2 heterocycles. The van der Waals surface area contributed by atoms with Gasteiger partial charge in [-0.15, -0.1) is 0 Å². The summed E-state index contributed by atoms with van der Waals surface area (Å²) in [5, 5.41) is 7.65. The molecule has 1 aromatic rings. The van der Waals surface area contributed by atoms with Gasteiger partial charge in [0.15, 0.2) is 5.82 Å². The van der Waals surface area contributed by atoms with Crippen LogP contribution in [0.15, 0.2) is 4.52 Å². The summed E-state index contributed by atoms with van der Waals surface area (Å²) >= 11 is 0. The first-order valence-electron chi connectivity index (χ1n) is 8.51. The minimum atomic E-state index is 0.105. The molecule has 1 N–H and O–H groups in total. The molecule has 5 nitrogen and oxygen atoms in total. The first-order valence-corrected chi connectivity index (χ1v) is 8.51. The highest BCUT2D eigenvalue weighted by Crippen LogP contribution is 2.59. The van der Waals surface area contributed by atoms with Crippen LogP contribution in [0.5, 0.6) is 0 Å². The van der Waals surface area contributed by atoms with Gasteiger partial charge >= 0.3 is 0 Å². The molecule has 1 unspecified atom stereocenters. The summed E-state index contributed by atoms with van der Waals surface area (Å²) in [6.45, 7) is 2.30. The van der Waals surface area contributed by atoms with Crippen LogP contribution in [0.4, 0.5) is 0 Å². The molecule has 0 radical (unpaired) electrons. The largest absolute Gasteiger partial charge is 0.378 e. The zero-order valence-corrected chi connectivity index (χ0v) is 12.3. The summed E-state index contributed by atoms with van der Waals surface area (Å²) < 4.78 is 11.2. The van der Waals surface area contributed by atoms with Crippen molar-refractivity contribution in [3.8, 4) is 0 Å². The molecule has 4 bridgehead atoms. The van der Waals surface area contributed by atoms with Crippen molar-refractivity contribution in [3.63, 3.8) is 0 Å². The van der Waals surface area contributed by atoms with Crippen LogP contribution in [0.1, 0.15) is 55.8 Å².